The van der Waals surface area contributed by atoms with E-state index in [1.54, 1.807) is 19.2 Å². The van der Waals surface area contributed by atoms with Crippen molar-refractivity contribution in [3.8, 4) is 22.8 Å². The SMILES string of the molecule is COc1cc(OC)c(-c2cc(C(=O)O)[nH]n2)cc1Br. The number of halogens is 1. The Hall–Kier alpha value is -2.02. The predicted molar refractivity (Wildman–Crippen MR) is 71.8 cm³/mol. The van der Waals surface area contributed by atoms with Crippen molar-refractivity contribution in [3.63, 3.8) is 0 Å². The maximum Gasteiger partial charge on any atom is 0.353 e. The number of aromatic nitrogens is 2. The van der Waals surface area contributed by atoms with Crippen molar-refractivity contribution in [2.75, 3.05) is 14.2 Å². The molecule has 0 amide bonds. The third-order valence-corrected chi connectivity index (χ3v) is 3.18. The lowest BCUT2D eigenvalue weighted by Gasteiger charge is -2.10. The highest BCUT2D eigenvalue weighted by Crippen LogP contribution is 2.37. The Balaban J connectivity index is 2.53. The van der Waals surface area contributed by atoms with Gasteiger partial charge in [0.15, 0.2) is 0 Å². The number of hydrogen-bond donors (Lipinski definition) is 2. The molecular weight excluding hydrogens is 316 g/mol. The topological polar surface area (TPSA) is 84.4 Å². The van der Waals surface area contributed by atoms with E-state index in [9.17, 15) is 4.79 Å². The van der Waals surface area contributed by atoms with Gasteiger partial charge in [0, 0.05) is 11.6 Å². The second-order valence-electron chi connectivity index (χ2n) is 3.66. The summed E-state index contributed by atoms with van der Waals surface area (Å²) in [5.41, 5.74) is 1.17. The zero-order valence-electron chi connectivity index (χ0n) is 10.2. The number of aromatic amines is 1. The van der Waals surface area contributed by atoms with Crippen LogP contribution in [-0.2, 0) is 0 Å². The van der Waals surface area contributed by atoms with Gasteiger partial charge in [-0.3, -0.25) is 5.10 Å². The molecule has 19 heavy (non-hydrogen) atoms. The number of methoxy groups -OCH3 is 2. The summed E-state index contributed by atoms with van der Waals surface area (Å²) in [6.45, 7) is 0. The molecule has 0 radical (unpaired) electrons. The fourth-order valence-electron chi connectivity index (χ4n) is 1.63. The molecule has 1 aromatic carbocycles. The standard InChI is InChI=1S/C12H11BrN2O4/c1-18-10-5-11(19-2)7(13)3-6(10)8-4-9(12(16)17)15-14-8/h3-5H,1-2H3,(H,14,15)(H,16,17). The molecular formula is C12H11BrN2O4. The second-order valence-corrected chi connectivity index (χ2v) is 4.51. The number of carboxylic acid groups (broad SMARTS) is 1. The van der Waals surface area contributed by atoms with E-state index in [0.29, 0.717) is 22.8 Å². The zero-order valence-corrected chi connectivity index (χ0v) is 11.8. The number of nitrogens with one attached hydrogen (secondary N) is 1. The van der Waals surface area contributed by atoms with Gasteiger partial charge < -0.3 is 14.6 Å². The van der Waals surface area contributed by atoms with Crippen molar-refractivity contribution in [2.45, 2.75) is 0 Å². The van der Waals surface area contributed by atoms with Gasteiger partial charge in [-0.15, -0.1) is 0 Å². The van der Waals surface area contributed by atoms with Gasteiger partial charge in [0.2, 0.25) is 0 Å². The highest BCUT2D eigenvalue weighted by molar-refractivity contribution is 9.10. The van der Waals surface area contributed by atoms with E-state index < -0.39 is 5.97 Å². The third kappa shape index (κ3) is 2.55. The van der Waals surface area contributed by atoms with Crippen LogP contribution in [0.2, 0.25) is 0 Å². The number of aromatic carboxylic acids is 1. The van der Waals surface area contributed by atoms with Crippen LogP contribution in [-0.4, -0.2) is 35.5 Å². The van der Waals surface area contributed by atoms with Gasteiger partial charge in [0.05, 0.1) is 24.4 Å². The van der Waals surface area contributed by atoms with Gasteiger partial charge in [-0.25, -0.2) is 4.79 Å². The van der Waals surface area contributed by atoms with Crippen LogP contribution in [0.5, 0.6) is 11.5 Å². The summed E-state index contributed by atoms with van der Waals surface area (Å²) in [5, 5.41) is 15.3. The fourth-order valence-corrected chi connectivity index (χ4v) is 2.13. The largest absolute Gasteiger partial charge is 0.496 e. The van der Waals surface area contributed by atoms with Gasteiger partial charge in [0.25, 0.3) is 0 Å². The molecule has 7 heteroatoms. The van der Waals surface area contributed by atoms with E-state index in [1.165, 1.54) is 13.2 Å². The number of benzene rings is 1. The highest BCUT2D eigenvalue weighted by Gasteiger charge is 2.15. The van der Waals surface area contributed by atoms with Crippen LogP contribution >= 0.6 is 15.9 Å². The second kappa shape index (κ2) is 5.31. The molecule has 0 saturated carbocycles. The van der Waals surface area contributed by atoms with Gasteiger partial charge in [-0.2, -0.15) is 5.10 Å². The average molecular weight is 327 g/mol. The van der Waals surface area contributed by atoms with E-state index in [0.717, 1.165) is 4.47 Å². The molecule has 2 rings (SSSR count). The summed E-state index contributed by atoms with van der Waals surface area (Å²) in [6, 6.07) is 4.91. The summed E-state index contributed by atoms with van der Waals surface area (Å²) in [5.74, 6) is 0.100. The lowest BCUT2D eigenvalue weighted by Crippen LogP contribution is -1.95. The number of carbonyl (C=O) groups is 1. The summed E-state index contributed by atoms with van der Waals surface area (Å²) in [6.07, 6.45) is 0. The minimum Gasteiger partial charge on any atom is -0.496 e. The first kappa shape index (κ1) is 13.4. The van der Waals surface area contributed by atoms with E-state index >= 15 is 0 Å². The molecule has 0 atom stereocenters. The highest BCUT2D eigenvalue weighted by atomic mass is 79.9. The monoisotopic (exact) mass is 326 g/mol. The van der Waals surface area contributed by atoms with Crippen molar-refractivity contribution in [3.05, 3.63) is 28.4 Å². The van der Waals surface area contributed by atoms with Crippen molar-refractivity contribution >= 4 is 21.9 Å². The maximum absolute atomic E-state index is 10.8. The molecule has 0 unspecified atom stereocenters. The van der Waals surface area contributed by atoms with E-state index in [-0.39, 0.29) is 5.69 Å². The Kier molecular flexibility index (Phi) is 3.75. The molecule has 2 aromatic rings. The van der Waals surface area contributed by atoms with E-state index in [4.69, 9.17) is 14.6 Å². The summed E-state index contributed by atoms with van der Waals surface area (Å²) in [7, 11) is 3.08. The van der Waals surface area contributed by atoms with Crippen LogP contribution in [0.15, 0.2) is 22.7 Å². The first-order valence-electron chi connectivity index (χ1n) is 5.27. The molecule has 100 valence electrons. The normalized spacial score (nSPS) is 10.3. The molecule has 0 aliphatic carbocycles. The van der Waals surface area contributed by atoms with Crippen LogP contribution in [0.3, 0.4) is 0 Å². The fraction of sp³-hybridized carbons (Fsp3) is 0.167. The Bertz CT molecular complexity index is 624. The smallest absolute Gasteiger partial charge is 0.353 e. The summed E-state index contributed by atoms with van der Waals surface area (Å²) >= 11 is 3.37. The number of carboxylic acids is 1. The van der Waals surface area contributed by atoms with Crippen molar-refractivity contribution in [2.24, 2.45) is 0 Å². The summed E-state index contributed by atoms with van der Waals surface area (Å²) in [4.78, 5) is 10.8. The molecule has 0 fully saturated rings. The van der Waals surface area contributed by atoms with Crippen molar-refractivity contribution in [1.82, 2.24) is 10.2 Å². The average Bonchev–Trinajstić information content (AvgIpc) is 2.88. The zero-order chi connectivity index (χ0) is 14.0. The van der Waals surface area contributed by atoms with Gasteiger partial charge in [-0.05, 0) is 28.1 Å². The Labute approximate surface area is 117 Å². The number of H-pyrrole nitrogens is 1. The lowest BCUT2D eigenvalue weighted by molar-refractivity contribution is 0.0690. The van der Waals surface area contributed by atoms with E-state index in [1.807, 2.05) is 0 Å². The third-order valence-electron chi connectivity index (χ3n) is 2.56. The number of hydrogen-bond acceptors (Lipinski definition) is 4. The molecule has 6 nitrogen and oxygen atoms in total. The van der Waals surface area contributed by atoms with Crippen LogP contribution in [0, 0.1) is 0 Å². The molecule has 1 aromatic heterocycles. The minimum atomic E-state index is -1.06. The first-order valence-corrected chi connectivity index (χ1v) is 6.06. The Morgan fingerprint density at radius 1 is 1.26 bits per heavy atom. The van der Waals surface area contributed by atoms with Crippen LogP contribution < -0.4 is 9.47 Å². The van der Waals surface area contributed by atoms with E-state index in [2.05, 4.69) is 26.1 Å². The van der Waals surface area contributed by atoms with Crippen molar-refractivity contribution < 1.29 is 19.4 Å². The Morgan fingerprint density at radius 3 is 2.47 bits per heavy atom. The molecule has 1 heterocycles. The van der Waals surface area contributed by atoms with Crippen LogP contribution in [0.4, 0.5) is 0 Å². The summed E-state index contributed by atoms with van der Waals surface area (Å²) < 4.78 is 11.2. The molecule has 0 bridgehead atoms. The molecule has 0 aliphatic rings. The van der Waals surface area contributed by atoms with Crippen molar-refractivity contribution in [1.29, 1.82) is 0 Å². The molecule has 0 aliphatic heterocycles. The number of rotatable bonds is 4. The molecule has 0 spiro atoms. The van der Waals surface area contributed by atoms with Crippen LogP contribution in [0.1, 0.15) is 10.5 Å². The first-order chi connectivity index (χ1) is 9.06. The quantitative estimate of drug-likeness (QED) is 0.901. The number of ether oxygens (including phenoxy) is 2. The number of nitrogens with zero attached hydrogens (tertiary/aromatic N) is 1. The Morgan fingerprint density at radius 2 is 1.95 bits per heavy atom. The lowest BCUT2D eigenvalue weighted by atomic mass is 10.1. The molecule has 2 N–H and O–H groups in total. The minimum absolute atomic E-state index is 0.0176. The predicted octanol–water partition coefficient (Wildman–Crippen LogP) is 2.55. The molecule has 0 saturated heterocycles. The maximum atomic E-state index is 10.8. The van der Waals surface area contributed by atoms with Crippen LogP contribution in [0.25, 0.3) is 11.3 Å². The van der Waals surface area contributed by atoms with Gasteiger partial charge >= 0.3 is 5.97 Å². The van der Waals surface area contributed by atoms with Gasteiger partial charge in [0.1, 0.15) is 17.2 Å². The van der Waals surface area contributed by atoms with Gasteiger partial charge in [-0.1, -0.05) is 0 Å².